The van der Waals surface area contributed by atoms with E-state index < -0.39 is 5.97 Å². The zero-order valence-electron chi connectivity index (χ0n) is 6.79. The molecule has 1 rings (SSSR count). The Balaban J connectivity index is 2.70. The monoisotopic (exact) mass is 155 g/mol. The van der Waals surface area contributed by atoms with Crippen LogP contribution in [0.2, 0.25) is 0 Å². The Morgan fingerprint density at radius 1 is 1.82 bits per heavy atom. The minimum atomic E-state index is -0.755. The number of allylic oxidation sites excluding steroid dienone is 1. The molecule has 0 amide bonds. The Kier molecular flexibility index (Phi) is 2.29. The Morgan fingerprint density at radius 2 is 2.45 bits per heavy atom. The molecule has 0 spiro atoms. The van der Waals surface area contributed by atoms with Crippen LogP contribution in [-0.2, 0) is 4.79 Å². The number of rotatable bonds is 1. The number of nitrogens with one attached hydrogen (secondary N) is 1. The number of hydrogen-bond acceptors (Lipinski definition) is 2. The lowest BCUT2D eigenvalue weighted by atomic mass is 9.98. The standard InChI is InChI=1S/C8H13NO2/c1-3-6-4-9-7(5(6)2)8(10)11/h3,5,7,9H,4H2,1-2H3,(H,10,11)/t5?,7-/m0/s1. The molecule has 62 valence electrons. The quantitative estimate of drug-likeness (QED) is 0.546. The van der Waals surface area contributed by atoms with Crippen LogP contribution in [0.1, 0.15) is 13.8 Å². The third-order valence-electron chi connectivity index (χ3n) is 2.25. The summed E-state index contributed by atoms with van der Waals surface area (Å²) in [5.41, 5.74) is 1.19. The lowest BCUT2D eigenvalue weighted by molar-refractivity contribution is -0.139. The third kappa shape index (κ3) is 1.43. The molecule has 0 saturated carbocycles. The topological polar surface area (TPSA) is 49.3 Å². The Morgan fingerprint density at radius 3 is 2.73 bits per heavy atom. The minimum Gasteiger partial charge on any atom is -0.480 e. The van der Waals surface area contributed by atoms with Crippen molar-refractivity contribution in [3.8, 4) is 0 Å². The van der Waals surface area contributed by atoms with Crippen molar-refractivity contribution in [2.24, 2.45) is 5.92 Å². The first-order valence-corrected chi connectivity index (χ1v) is 3.78. The molecule has 0 bridgehead atoms. The fraction of sp³-hybridized carbons (Fsp3) is 0.625. The molecular formula is C8H13NO2. The molecule has 0 aromatic rings. The molecule has 3 heteroatoms. The van der Waals surface area contributed by atoms with E-state index in [0.29, 0.717) is 6.54 Å². The van der Waals surface area contributed by atoms with Gasteiger partial charge in [0, 0.05) is 12.5 Å². The number of hydrogen-bond donors (Lipinski definition) is 2. The van der Waals surface area contributed by atoms with Gasteiger partial charge >= 0.3 is 5.97 Å². The summed E-state index contributed by atoms with van der Waals surface area (Å²) < 4.78 is 0. The van der Waals surface area contributed by atoms with E-state index in [2.05, 4.69) is 5.32 Å². The average molecular weight is 155 g/mol. The van der Waals surface area contributed by atoms with E-state index in [1.54, 1.807) is 0 Å². The summed E-state index contributed by atoms with van der Waals surface area (Å²) in [4.78, 5) is 10.6. The van der Waals surface area contributed by atoms with Crippen molar-refractivity contribution in [2.75, 3.05) is 6.54 Å². The SMILES string of the molecule is CC=C1CN[C@H](C(=O)O)C1C. The van der Waals surface area contributed by atoms with Gasteiger partial charge in [-0.15, -0.1) is 0 Å². The number of carboxylic acid groups (broad SMARTS) is 1. The molecule has 1 aliphatic rings. The number of aliphatic carboxylic acids is 1. The summed E-state index contributed by atoms with van der Waals surface area (Å²) in [6.07, 6.45) is 1.99. The minimum absolute atomic E-state index is 0.137. The maximum atomic E-state index is 10.6. The van der Waals surface area contributed by atoms with Crippen LogP contribution < -0.4 is 5.32 Å². The van der Waals surface area contributed by atoms with E-state index in [0.717, 1.165) is 0 Å². The van der Waals surface area contributed by atoms with Crippen LogP contribution >= 0.6 is 0 Å². The summed E-state index contributed by atoms with van der Waals surface area (Å²) in [5, 5.41) is 11.6. The van der Waals surface area contributed by atoms with E-state index >= 15 is 0 Å². The predicted molar refractivity (Wildman–Crippen MR) is 42.3 cm³/mol. The molecule has 1 saturated heterocycles. The van der Waals surface area contributed by atoms with Gasteiger partial charge in [-0.1, -0.05) is 18.6 Å². The van der Waals surface area contributed by atoms with Crippen LogP contribution in [0.15, 0.2) is 11.6 Å². The van der Waals surface area contributed by atoms with E-state index in [4.69, 9.17) is 5.11 Å². The third-order valence-corrected chi connectivity index (χ3v) is 2.25. The van der Waals surface area contributed by atoms with Crippen molar-refractivity contribution >= 4 is 5.97 Å². The van der Waals surface area contributed by atoms with E-state index in [9.17, 15) is 4.79 Å². The number of carbonyl (C=O) groups is 1. The summed E-state index contributed by atoms with van der Waals surface area (Å²) in [5.74, 6) is -0.619. The highest BCUT2D eigenvalue weighted by Crippen LogP contribution is 2.20. The molecule has 3 nitrogen and oxygen atoms in total. The van der Waals surface area contributed by atoms with Gasteiger partial charge in [-0.25, -0.2) is 0 Å². The van der Waals surface area contributed by atoms with Crippen molar-refractivity contribution in [2.45, 2.75) is 19.9 Å². The molecule has 1 unspecified atom stereocenters. The second kappa shape index (κ2) is 3.05. The molecule has 0 aromatic heterocycles. The van der Waals surface area contributed by atoms with Gasteiger partial charge in [0.1, 0.15) is 6.04 Å². The first kappa shape index (κ1) is 8.27. The van der Waals surface area contributed by atoms with Gasteiger partial charge in [0.05, 0.1) is 0 Å². The molecule has 11 heavy (non-hydrogen) atoms. The van der Waals surface area contributed by atoms with Crippen molar-refractivity contribution in [1.82, 2.24) is 5.32 Å². The van der Waals surface area contributed by atoms with Crippen molar-refractivity contribution in [1.29, 1.82) is 0 Å². The maximum Gasteiger partial charge on any atom is 0.321 e. The summed E-state index contributed by atoms with van der Waals surface area (Å²) in [6, 6.07) is -0.388. The molecule has 0 aliphatic carbocycles. The van der Waals surface area contributed by atoms with E-state index in [1.807, 2.05) is 19.9 Å². The molecule has 1 fully saturated rings. The van der Waals surface area contributed by atoms with Crippen LogP contribution in [0.25, 0.3) is 0 Å². The van der Waals surface area contributed by atoms with Crippen LogP contribution in [0.4, 0.5) is 0 Å². The molecule has 0 aromatic carbocycles. The van der Waals surface area contributed by atoms with Crippen molar-refractivity contribution in [3.05, 3.63) is 11.6 Å². The van der Waals surface area contributed by atoms with Gasteiger partial charge in [-0.05, 0) is 6.92 Å². The van der Waals surface area contributed by atoms with Gasteiger partial charge in [0.2, 0.25) is 0 Å². The molecule has 2 N–H and O–H groups in total. The van der Waals surface area contributed by atoms with Gasteiger partial charge in [-0.2, -0.15) is 0 Å². The largest absolute Gasteiger partial charge is 0.480 e. The molecular weight excluding hydrogens is 142 g/mol. The first-order valence-electron chi connectivity index (χ1n) is 3.78. The lowest BCUT2D eigenvalue weighted by Crippen LogP contribution is -2.34. The molecule has 1 heterocycles. The zero-order valence-corrected chi connectivity index (χ0v) is 6.79. The highest BCUT2D eigenvalue weighted by atomic mass is 16.4. The summed E-state index contributed by atoms with van der Waals surface area (Å²) >= 11 is 0. The van der Waals surface area contributed by atoms with Crippen LogP contribution in [-0.4, -0.2) is 23.7 Å². The summed E-state index contributed by atoms with van der Waals surface area (Å²) in [7, 11) is 0. The van der Waals surface area contributed by atoms with Crippen LogP contribution in [0, 0.1) is 5.92 Å². The zero-order chi connectivity index (χ0) is 8.43. The molecule has 1 aliphatic heterocycles. The smallest absolute Gasteiger partial charge is 0.321 e. The lowest BCUT2D eigenvalue weighted by Gasteiger charge is -2.09. The highest BCUT2D eigenvalue weighted by molar-refractivity contribution is 5.75. The van der Waals surface area contributed by atoms with E-state index in [1.165, 1.54) is 5.57 Å². The predicted octanol–water partition coefficient (Wildman–Crippen LogP) is 0.625. The van der Waals surface area contributed by atoms with Gasteiger partial charge in [-0.3, -0.25) is 4.79 Å². The average Bonchev–Trinajstić information content (AvgIpc) is 2.30. The van der Waals surface area contributed by atoms with Crippen molar-refractivity contribution < 1.29 is 9.90 Å². The van der Waals surface area contributed by atoms with Crippen LogP contribution in [0.3, 0.4) is 0 Å². The summed E-state index contributed by atoms with van der Waals surface area (Å²) in [6.45, 7) is 4.60. The van der Waals surface area contributed by atoms with E-state index in [-0.39, 0.29) is 12.0 Å². The highest BCUT2D eigenvalue weighted by Gasteiger charge is 2.31. The van der Waals surface area contributed by atoms with Crippen LogP contribution in [0.5, 0.6) is 0 Å². The fourth-order valence-corrected chi connectivity index (χ4v) is 1.45. The molecule has 2 atom stereocenters. The second-order valence-corrected chi connectivity index (χ2v) is 2.85. The van der Waals surface area contributed by atoms with Gasteiger partial charge in [0.25, 0.3) is 0 Å². The van der Waals surface area contributed by atoms with Gasteiger partial charge < -0.3 is 10.4 Å². The molecule has 0 radical (unpaired) electrons. The fourth-order valence-electron chi connectivity index (χ4n) is 1.45. The Bertz CT molecular complexity index is 198. The normalized spacial score (nSPS) is 34.5. The Hall–Kier alpha value is -0.830. The maximum absolute atomic E-state index is 10.6. The first-order chi connectivity index (χ1) is 5.16. The number of carboxylic acids is 1. The second-order valence-electron chi connectivity index (χ2n) is 2.85. The van der Waals surface area contributed by atoms with Crippen molar-refractivity contribution in [3.63, 3.8) is 0 Å². The Labute approximate surface area is 66.1 Å². The van der Waals surface area contributed by atoms with Gasteiger partial charge in [0.15, 0.2) is 0 Å².